The third kappa shape index (κ3) is 4.12. The molecule has 0 aromatic heterocycles. The predicted octanol–water partition coefficient (Wildman–Crippen LogP) is 2.70. The first-order valence-electron chi connectivity index (χ1n) is 5.54. The molecular weight excluding hydrogens is 318 g/mol. The van der Waals surface area contributed by atoms with E-state index in [9.17, 15) is 8.42 Å². The standard InChI is InChI=1S/C12H16BrNO3S/c1-3-5-8-14-18(15,16)12-9-10(13)6-7-11(12)17-4-2/h3,6-7,9,14H,1,4-5,8H2,2H3. The highest BCUT2D eigenvalue weighted by atomic mass is 79.9. The monoisotopic (exact) mass is 333 g/mol. The molecule has 0 spiro atoms. The molecule has 1 aromatic carbocycles. The highest BCUT2D eigenvalue weighted by Gasteiger charge is 2.19. The number of benzene rings is 1. The minimum atomic E-state index is -3.56. The van der Waals surface area contributed by atoms with Gasteiger partial charge in [0, 0.05) is 11.0 Å². The topological polar surface area (TPSA) is 55.4 Å². The summed E-state index contributed by atoms with van der Waals surface area (Å²) >= 11 is 3.26. The molecule has 0 radical (unpaired) electrons. The molecule has 6 heteroatoms. The van der Waals surface area contributed by atoms with Gasteiger partial charge in [-0.15, -0.1) is 6.58 Å². The zero-order chi connectivity index (χ0) is 13.6. The van der Waals surface area contributed by atoms with Crippen molar-refractivity contribution in [3.8, 4) is 5.75 Å². The number of hydrogen-bond donors (Lipinski definition) is 1. The molecular formula is C12H16BrNO3S. The first-order valence-corrected chi connectivity index (χ1v) is 7.81. The minimum Gasteiger partial charge on any atom is -0.492 e. The van der Waals surface area contributed by atoms with Gasteiger partial charge in [-0.1, -0.05) is 22.0 Å². The first kappa shape index (κ1) is 15.2. The Morgan fingerprint density at radius 3 is 2.83 bits per heavy atom. The molecule has 1 aromatic rings. The van der Waals surface area contributed by atoms with E-state index in [0.717, 1.165) is 0 Å². The summed E-state index contributed by atoms with van der Waals surface area (Å²) in [5.74, 6) is 0.354. The SMILES string of the molecule is C=CCCNS(=O)(=O)c1cc(Br)ccc1OCC. The average molecular weight is 334 g/mol. The number of hydrogen-bond acceptors (Lipinski definition) is 3. The van der Waals surface area contributed by atoms with Gasteiger partial charge >= 0.3 is 0 Å². The van der Waals surface area contributed by atoms with Gasteiger partial charge in [0.05, 0.1) is 6.61 Å². The fraction of sp³-hybridized carbons (Fsp3) is 0.333. The van der Waals surface area contributed by atoms with E-state index in [4.69, 9.17) is 4.74 Å². The molecule has 0 bridgehead atoms. The molecule has 0 saturated carbocycles. The summed E-state index contributed by atoms with van der Waals surface area (Å²) < 4.78 is 32.7. The molecule has 0 saturated heterocycles. The van der Waals surface area contributed by atoms with Gasteiger partial charge in [0.15, 0.2) is 0 Å². The van der Waals surface area contributed by atoms with Gasteiger partial charge in [-0.05, 0) is 31.5 Å². The van der Waals surface area contributed by atoms with Crippen LogP contribution in [0.15, 0.2) is 40.2 Å². The second-order valence-electron chi connectivity index (χ2n) is 3.50. The molecule has 0 atom stereocenters. The lowest BCUT2D eigenvalue weighted by atomic mass is 10.3. The highest BCUT2D eigenvalue weighted by molar-refractivity contribution is 9.10. The van der Waals surface area contributed by atoms with Crippen molar-refractivity contribution in [2.75, 3.05) is 13.2 Å². The Morgan fingerprint density at radius 1 is 1.50 bits per heavy atom. The van der Waals surface area contributed by atoms with Crippen molar-refractivity contribution in [1.82, 2.24) is 4.72 Å². The molecule has 100 valence electrons. The molecule has 0 heterocycles. The number of sulfonamides is 1. The molecule has 0 amide bonds. The van der Waals surface area contributed by atoms with Crippen molar-refractivity contribution in [1.29, 1.82) is 0 Å². The van der Waals surface area contributed by atoms with Crippen LogP contribution < -0.4 is 9.46 Å². The van der Waals surface area contributed by atoms with Gasteiger partial charge in [0.25, 0.3) is 0 Å². The van der Waals surface area contributed by atoms with E-state index < -0.39 is 10.0 Å². The van der Waals surface area contributed by atoms with Crippen molar-refractivity contribution in [3.05, 3.63) is 35.3 Å². The van der Waals surface area contributed by atoms with E-state index in [1.807, 2.05) is 6.92 Å². The lowest BCUT2D eigenvalue weighted by Crippen LogP contribution is -2.25. The summed E-state index contributed by atoms with van der Waals surface area (Å²) in [5, 5.41) is 0. The van der Waals surface area contributed by atoms with Crippen LogP contribution in [0.5, 0.6) is 5.75 Å². The van der Waals surface area contributed by atoms with Crippen molar-refractivity contribution in [3.63, 3.8) is 0 Å². The van der Waals surface area contributed by atoms with Crippen LogP contribution >= 0.6 is 15.9 Å². The quantitative estimate of drug-likeness (QED) is 0.616. The summed E-state index contributed by atoms with van der Waals surface area (Å²) in [7, 11) is -3.56. The summed E-state index contributed by atoms with van der Waals surface area (Å²) in [5.41, 5.74) is 0. The zero-order valence-electron chi connectivity index (χ0n) is 10.1. The van der Waals surface area contributed by atoms with Crippen LogP contribution in [0.1, 0.15) is 13.3 Å². The van der Waals surface area contributed by atoms with E-state index in [0.29, 0.717) is 29.8 Å². The van der Waals surface area contributed by atoms with Crippen LogP contribution in [0, 0.1) is 0 Å². The molecule has 1 N–H and O–H groups in total. The van der Waals surface area contributed by atoms with E-state index in [1.54, 1.807) is 18.2 Å². The van der Waals surface area contributed by atoms with Gasteiger partial charge in [0.1, 0.15) is 10.6 Å². The second-order valence-corrected chi connectivity index (χ2v) is 6.15. The number of rotatable bonds is 7. The summed E-state index contributed by atoms with van der Waals surface area (Å²) in [4.78, 5) is 0.141. The maximum absolute atomic E-state index is 12.1. The summed E-state index contributed by atoms with van der Waals surface area (Å²) in [6, 6.07) is 4.91. The van der Waals surface area contributed by atoms with Crippen molar-refractivity contribution in [2.45, 2.75) is 18.2 Å². The number of ether oxygens (including phenoxy) is 1. The van der Waals surface area contributed by atoms with E-state index in [-0.39, 0.29) is 4.90 Å². The molecule has 0 fully saturated rings. The van der Waals surface area contributed by atoms with Gasteiger partial charge < -0.3 is 4.74 Å². The van der Waals surface area contributed by atoms with Crippen LogP contribution in [-0.2, 0) is 10.0 Å². The smallest absolute Gasteiger partial charge is 0.244 e. The predicted molar refractivity (Wildman–Crippen MR) is 75.3 cm³/mol. The van der Waals surface area contributed by atoms with Crippen LogP contribution in [0.3, 0.4) is 0 Å². The van der Waals surface area contributed by atoms with Crippen LogP contribution in [0.25, 0.3) is 0 Å². The maximum Gasteiger partial charge on any atom is 0.244 e. The first-order chi connectivity index (χ1) is 8.51. The van der Waals surface area contributed by atoms with Crippen LogP contribution in [0.2, 0.25) is 0 Å². The van der Waals surface area contributed by atoms with E-state index >= 15 is 0 Å². The Kier molecular flexibility index (Phi) is 5.84. The molecule has 0 aliphatic rings. The molecule has 18 heavy (non-hydrogen) atoms. The van der Waals surface area contributed by atoms with Gasteiger partial charge in [0.2, 0.25) is 10.0 Å². The molecule has 0 unspecified atom stereocenters. The molecule has 0 aliphatic heterocycles. The van der Waals surface area contributed by atoms with E-state index in [1.165, 1.54) is 6.07 Å². The fourth-order valence-electron chi connectivity index (χ4n) is 1.34. The molecule has 1 rings (SSSR count). The van der Waals surface area contributed by atoms with Gasteiger partial charge in [-0.2, -0.15) is 0 Å². The maximum atomic E-state index is 12.1. The average Bonchev–Trinajstić information content (AvgIpc) is 2.32. The van der Waals surface area contributed by atoms with Gasteiger partial charge in [-0.25, -0.2) is 13.1 Å². The van der Waals surface area contributed by atoms with Crippen molar-refractivity contribution < 1.29 is 13.2 Å². The Balaban J connectivity index is 3.05. The Bertz CT molecular complexity index is 514. The fourth-order valence-corrected chi connectivity index (χ4v) is 3.07. The Morgan fingerprint density at radius 2 is 2.22 bits per heavy atom. The largest absolute Gasteiger partial charge is 0.492 e. The lowest BCUT2D eigenvalue weighted by molar-refractivity contribution is 0.331. The second kappa shape index (κ2) is 6.92. The Hall–Kier alpha value is -0.850. The lowest BCUT2D eigenvalue weighted by Gasteiger charge is -2.11. The van der Waals surface area contributed by atoms with Crippen LogP contribution in [0.4, 0.5) is 0 Å². The normalized spacial score (nSPS) is 11.2. The number of halogens is 1. The molecule has 0 aliphatic carbocycles. The highest BCUT2D eigenvalue weighted by Crippen LogP contribution is 2.27. The minimum absolute atomic E-state index is 0.141. The van der Waals surface area contributed by atoms with Crippen LogP contribution in [-0.4, -0.2) is 21.6 Å². The molecule has 4 nitrogen and oxygen atoms in total. The van der Waals surface area contributed by atoms with Crippen molar-refractivity contribution >= 4 is 26.0 Å². The number of nitrogens with one attached hydrogen (secondary N) is 1. The third-order valence-electron chi connectivity index (χ3n) is 2.14. The van der Waals surface area contributed by atoms with E-state index in [2.05, 4.69) is 27.2 Å². The summed E-state index contributed by atoms with van der Waals surface area (Å²) in [6.07, 6.45) is 2.24. The van der Waals surface area contributed by atoms with Gasteiger partial charge in [-0.3, -0.25) is 0 Å². The zero-order valence-corrected chi connectivity index (χ0v) is 12.6. The Labute approximate surface area is 116 Å². The summed E-state index contributed by atoms with van der Waals surface area (Å²) in [6.45, 7) is 6.09. The third-order valence-corrected chi connectivity index (χ3v) is 4.11. The van der Waals surface area contributed by atoms with Crippen molar-refractivity contribution in [2.24, 2.45) is 0 Å².